The summed E-state index contributed by atoms with van der Waals surface area (Å²) in [5.74, 6) is -2.64. The number of carbonyl (C=O) groups excluding carboxylic acids is 1. The lowest BCUT2D eigenvalue weighted by molar-refractivity contribution is -0.119. The number of pyridine rings is 1. The Morgan fingerprint density at radius 2 is 2.16 bits per heavy atom. The van der Waals surface area contributed by atoms with Crippen LogP contribution in [0.4, 0.5) is 5.82 Å². The predicted molar refractivity (Wildman–Crippen MR) is 66.6 cm³/mol. The van der Waals surface area contributed by atoms with Crippen molar-refractivity contribution in [3.63, 3.8) is 0 Å². The van der Waals surface area contributed by atoms with Gasteiger partial charge in [-0.2, -0.15) is 0 Å². The van der Waals surface area contributed by atoms with Crippen LogP contribution in [0, 0.1) is 5.92 Å². The number of aromatic nitrogens is 1. The average molecular weight is 284 g/mol. The van der Waals surface area contributed by atoms with Gasteiger partial charge >= 0.3 is 5.97 Å². The van der Waals surface area contributed by atoms with Gasteiger partial charge in [-0.05, 0) is 18.6 Å². The number of nitrogens with one attached hydrogen (secondary N) is 1. The van der Waals surface area contributed by atoms with Crippen LogP contribution in [0.1, 0.15) is 16.8 Å². The molecule has 1 unspecified atom stereocenters. The van der Waals surface area contributed by atoms with E-state index in [1.807, 2.05) is 0 Å². The Bertz CT molecular complexity index is 626. The van der Waals surface area contributed by atoms with Crippen molar-refractivity contribution in [2.75, 3.05) is 16.8 Å². The number of sulfone groups is 1. The van der Waals surface area contributed by atoms with Crippen molar-refractivity contribution >= 4 is 27.5 Å². The van der Waals surface area contributed by atoms with Gasteiger partial charge in [0.1, 0.15) is 11.4 Å². The molecule has 0 aliphatic carbocycles. The second kappa shape index (κ2) is 4.96. The fourth-order valence-electron chi connectivity index (χ4n) is 1.90. The second-order valence-corrected chi connectivity index (χ2v) is 6.52. The number of hydrogen-bond acceptors (Lipinski definition) is 5. The third-order valence-corrected chi connectivity index (χ3v) is 4.65. The molecular weight excluding hydrogens is 272 g/mol. The molecule has 0 saturated carbocycles. The molecule has 1 aliphatic rings. The highest BCUT2D eigenvalue weighted by Crippen LogP contribution is 2.21. The monoisotopic (exact) mass is 284 g/mol. The predicted octanol–water partition coefficient (Wildman–Crippen LogP) is 0.153. The molecule has 1 saturated heterocycles. The van der Waals surface area contributed by atoms with Crippen molar-refractivity contribution < 1.29 is 23.1 Å². The maximum Gasteiger partial charge on any atom is 0.339 e. The molecule has 0 aromatic carbocycles. The summed E-state index contributed by atoms with van der Waals surface area (Å²) >= 11 is 0. The molecule has 1 amide bonds. The Labute approximate surface area is 109 Å². The molecule has 1 aliphatic heterocycles. The van der Waals surface area contributed by atoms with E-state index in [0.717, 1.165) is 0 Å². The molecular formula is C11H12N2O5S. The third kappa shape index (κ3) is 3.08. The van der Waals surface area contributed by atoms with Gasteiger partial charge in [-0.1, -0.05) is 0 Å². The summed E-state index contributed by atoms with van der Waals surface area (Å²) < 4.78 is 22.6. The normalized spacial score (nSPS) is 20.9. The first kappa shape index (κ1) is 13.5. The van der Waals surface area contributed by atoms with Crippen LogP contribution in [0.15, 0.2) is 18.3 Å². The molecule has 1 fully saturated rings. The van der Waals surface area contributed by atoms with Crippen LogP contribution in [0.2, 0.25) is 0 Å². The molecule has 1 aromatic rings. The highest BCUT2D eigenvalue weighted by Gasteiger charge is 2.33. The van der Waals surface area contributed by atoms with Crippen LogP contribution in [0.25, 0.3) is 0 Å². The highest BCUT2D eigenvalue weighted by molar-refractivity contribution is 7.91. The van der Waals surface area contributed by atoms with Gasteiger partial charge in [-0.3, -0.25) is 4.79 Å². The number of carboxylic acid groups (broad SMARTS) is 1. The molecule has 8 heteroatoms. The number of hydrogen-bond donors (Lipinski definition) is 2. The first-order valence-electron chi connectivity index (χ1n) is 5.58. The molecule has 2 rings (SSSR count). The highest BCUT2D eigenvalue weighted by atomic mass is 32.2. The number of carbonyl (C=O) groups is 2. The molecule has 102 valence electrons. The van der Waals surface area contributed by atoms with Crippen molar-refractivity contribution in [2.24, 2.45) is 5.92 Å². The molecule has 0 spiro atoms. The molecule has 7 nitrogen and oxygen atoms in total. The second-order valence-electron chi connectivity index (χ2n) is 4.29. The SMILES string of the molecule is O=C(O)c1cccnc1NC(=O)C1CCS(=O)(=O)C1. The maximum absolute atomic E-state index is 11.9. The smallest absolute Gasteiger partial charge is 0.339 e. The minimum absolute atomic E-state index is 0.0148. The van der Waals surface area contributed by atoms with E-state index in [9.17, 15) is 18.0 Å². The van der Waals surface area contributed by atoms with Gasteiger partial charge in [-0.15, -0.1) is 0 Å². The van der Waals surface area contributed by atoms with Gasteiger partial charge in [0.25, 0.3) is 0 Å². The molecule has 19 heavy (non-hydrogen) atoms. The van der Waals surface area contributed by atoms with Crippen molar-refractivity contribution in [2.45, 2.75) is 6.42 Å². The Morgan fingerprint density at radius 3 is 2.74 bits per heavy atom. The first-order valence-corrected chi connectivity index (χ1v) is 7.41. The largest absolute Gasteiger partial charge is 0.478 e. The zero-order valence-electron chi connectivity index (χ0n) is 9.87. The average Bonchev–Trinajstić information content (AvgIpc) is 2.70. The van der Waals surface area contributed by atoms with Gasteiger partial charge < -0.3 is 10.4 Å². The summed E-state index contributed by atoms with van der Waals surface area (Å²) in [5, 5.41) is 11.3. The lowest BCUT2D eigenvalue weighted by atomic mass is 10.1. The summed E-state index contributed by atoms with van der Waals surface area (Å²) in [7, 11) is -3.16. The molecule has 0 bridgehead atoms. The number of rotatable bonds is 3. The van der Waals surface area contributed by atoms with Gasteiger partial charge in [0.15, 0.2) is 9.84 Å². The van der Waals surface area contributed by atoms with E-state index in [1.54, 1.807) is 0 Å². The Kier molecular flexibility index (Phi) is 3.52. The van der Waals surface area contributed by atoms with Gasteiger partial charge in [-0.25, -0.2) is 18.2 Å². The van der Waals surface area contributed by atoms with Crippen LogP contribution >= 0.6 is 0 Å². The number of nitrogens with zero attached hydrogens (tertiary/aromatic N) is 1. The summed E-state index contributed by atoms with van der Waals surface area (Å²) in [6, 6.07) is 2.76. The minimum atomic E-state index is -3.16. The summed E-state index contributed by atoms with van der Waals surface area (Å²) in [5.41, 5.74) is -0.128. The Morgan fingerprint density at radius 1 is 1.42 bits per heavy atom. The summed E-state index contributed by atoms with van der Waals surface area (Å²) in [4.78, 5) is 26.6. The van der Waals surface area contributed by atoms with Crippen LogP contribution in [-0.2, 0) is 14.6 Å². The zero-order valence-corrected chi connectivity index (χ0v) is 10.7. The zero-order chi connectivity index (χ0) is 14.0. The van der Waals surface area contributed by atoms with Gasteiger partial charge in [0.05, 0.1) is 17.4 Å². The van der Waals surface area contributed by atoms with E-state index in [4.69, 9.17) is 5.11 Å². The van der Waals surface area contributed by atoms with E-state index >= 15 is 0 Å². The van der Waals surface area contributed by atoms with Crippen LogP contribution in [-0.4, -0.2) is 41.9 Å². The topological polar surface area (TPSA) is 113 Å². The van der Waals surface area contributed by atoms with Crippen molar-refractivity contribution in [3.05, 3.63) is 23.9 Å². The third-order valence-electron chi connectivity index (χ3n) is 2.88. The standard InChI is InChI=1S/C11H12N2O5S/c14-10(7-3-5-19(17,18)6-7)13-9-8(11(15)16)2-1-4-12-9/h1-2,4,7H,3,5-6H2,(H,15,16)(H,12,13,14). The van der Waals surface area contributed by atoms with E-state index in [1.165, 1.54) is 18.3 Å². The Hall–Kier alpha value is -1.96. The fourth-order valence-corrected chi connectivity index (χ4v) is 3.64. The number of aromatic carboxylic acids is 1. The van der Waals surface area contributed by atoms with Crippen LogP contribution in [0.5, 0.6) is 0 Å². The van der Waals surface area contributed by atoms with E-state index in [0.29, 0.717) is 0 Å². The number of amides is 1. The number of carboxylic acids is 1. The van der Waals surface area contributed by atoms with Crippen molar-refractivity contribution in [1.29, 1.82) is 0 Å². The fraction of sp³-hybridized carbons (Fsp3) is 0.364. The molecule has 1 atom stereocenters. The van der Waals surface area contributed by atoms with Gasteiger partial charge in [0.2, 0.25) is 5.91 Å². The van der Waals surface area contributed by atoms with E-state index in [2.05, 4.69) is 10.3 Å². The maximum atomic E-state index is 11.9. The first-order chi connectivity index (χ1) is 8.89. The quantitative estimate of drug-likeness (QED) is 0.817. The van der Waals surface area contributed by atoms with Crippen LogP contribution in [0.3, 0.4) is 0 Å². The Balaban J connectivity index is 2.14. The lowest BCUT2D eigenvalue weighted by Gasteiger charge is -2.10. The van der Waals surface area contributed by atoms with E-state index < -0.39 is 27.6 Å². The number of anilines is 1. The molecule has 1 aromatic heterocycles. The molecule has 0 radical (unpaired) electrons. The minimum Gasteiger partial charge on any atom is -0.478 e. The van der Waals surface area contributed by atoms with Gasteiger partial charge in [0, 0.05) is 6.20 Å². The molecule has 2 heterocycles. The lowest BCUT2D eigenvalue weighted by Crippen LogP contribution is -2.25. The van der Waals surface area contributed by atoms with E-state index in [-0.39, 0.29) is 29.3 Å². The van der Waals surface area contributed by atoms with Crippen molar-refractivity contribution in [1.82, 2.24) is 4.98 Å². The van der Waals surface area contributed by atoms with Crippen LogP contribution < -0.4 is 5.32 Å². The summed E-state index contributed by atoms with van der Waals surface area (Å²) in [6.07, 6.45) is 1.61. The van der Waals surface area contributed by atoms with Crippen molar-refractivity contribution in [3.8, 4) is 0 Å². The molecule has 2 N–H and O–H groups in total. The summed E-state index contributed by atoms with van der Waals surface area (Å²) in [6.45, 7) is 0.